The molecule has 33 heavy (non-hydrogen) atoms. The quantitative estimate of drug-likeness (QED) is 0.550. The molecule has 3 aliphatic heterocycles. The van der Waals surface area contributed by atoms with Crippen LogP contribution in [-0.2, 0) is 10.3 Å². The van der Waals surface area contributed by atoms with Crippen molar-refractivity contribution in [3.8, 4) is 22.6 Å². The third-order valence-corrected chi connectivity index (χ3v) is 7.42. The molecule has 0 aliphatic carbocycles. The molecule has 1 spiro atoms. The molecule has 1 unspecified atom stereocenters. The Hall–Kier alpha value is -3.04. The van der Waals surface area contributed by atoms with Crippen molar-refractivity contribution in [2.75, 3.05) is 19.0 Å². The zero-order chi connectivity index (χ0) is 22.6. The molecule has 1 atom stereocenters. The molecule has 1 fully saturated rings. The highest BCUT2D eigenvalue weighted by Gasteiger charge is 2.47. The maximum Gasteiger partial charge on any atom is 0.256 e. The van der Waals surface area contributed by atoms with Gasteiger partial charge in [0.2, 0.25) is 5.95 Å². The van der Waals surface area contributed by atoms with Gasteiger partial charge in [0.25, 0.3) is 5.95 Å². The summed E-state index contributed by atoms with van der Waals surface area (Å²) in [6, 6.07) is 10.5. The number of nitrogens with zero attached hydrogens (tertiary/aromatic N) is 3. The van der Waals surface area contributed by atoms with Crippen LogP contribution in [-0.4, -0.2) is 34.1 Å². The number of rotatable bonds is 2. The van der Waals surface area contributed by atoms with Crippen molar-refractivity contribution in [1.82, 2.24) is 9.97 Å². The van der Waals surface area contributed by atoms with Gasteiger partial charge in [-0.15, -0.1) is 0 Å². The summed E-state index contributed by atoms with van der Waals surface area (Å²) < 4.78 is 41.2. The molecule has 1 aromatic carbocycles. The lowest BCUT2D eigenvalue weighted by Gasteiger charge is -2.35. The lowest BCUT2D eigenvalue weighted by atomic mass is 9.80. The zero-order valence-corrected chi connectivity index (χ0v) is 18.4. The van der Waals surface area contributed by atoms with Crippen molar-refractivity contribution in [1.29, 1.82) is 0 Å². The van der Waals surface area contributed by atoms with Gasteiger partial charge in [-0.1, -0.05) is 17.8 Å². The first-order valence-electron chi connectivity index (χ1n) is 10.8. The minimum atomic E-state index is -0.948. The summed E-state index contributed by atoms with van der Waals surface area (Å²) in [6.45, 7) is 1.24. The molecule has 0 bridgehead atoms. The molecule has 3 aromatic rings. The van der Waals surface area contributed by atoms with Gasteiger partial charge in [-0.3, -0.25) is 0 Å². The normalized spacial score (nSPS) is 21.9. The average Bonchev–Trinajstić information content (AvgIpc) is 3.23. The van der Waals surface area contributed by atoms with Gasteiger partial charge < -0.3 is 15.2 Å². The number of ether oxygens (including phenoxy) is 2. The van der Waals surface area contributed by atoms with Crippen LogP contribution < -0.4 is 10.5 Å². The van der Waals surface area contributed by atoms with E-state index in [0.717, 1.165) is 12.8 Å². The molecule has 3 aliphatic rings. The molecule has 0 radical (unpaired) electrons. The fourth-order valence-electron chi connectivity index (χ4n) is 4.80. The average molecular weight is 467 g/mol. The number of pyridine rings is 2. The Bertz CT molecular complexity index is 1300. The highest BCUT2D eigenvalue weighted by molar-refractivity contribution is 8.14. The fourth-order valence-corrected chi connectivity index (χ4v) is 5.75. The summed E-state index contributed by atoms with van der Waals surface area (Å²) in [7, 11) is 0. The van der Waals surface area contributed by atoms with Gasteiger partial charge in [-0.25, -0.2) is 15.0 Å². The predicted octanol–water partition coefficient (Wildman–Crippen LogP) is 4.73. The molecule has 2 aromatic heterocycles. The number of thioether (sulfide) groups is 1. The fraction of sp³-hybridized carbons (Fsp3) is 0.292. The zero-order valence-electron chi connectivity index (χ0n) is 17.6. The minimum absolute atomic E-state index is 0.0673. The van der Waals surface area contributed by atoms with Crippen LogP contribution in [0.5, 0.6) is 11.5 Å². The number of amidine groups is 1. The van der Waals surface area contributed by atoms with Crippen LogP contribution in [0.1, 0.15) is 35.6 Å². The number of fused-ring (bicyclic) bond motifs is 4. The van der Waals surface area contributed by atoms with E-state index in [2.05, 4.69) is 9.97 Å². The van der Waals surface area contributed by atoms with Gasteiger partial charge in [0.15, 0.2) is 10.9 Å². The Kier molecular flexibility index (Phi) is 4.84. The van der Waals surface area contributed by atoms with E-state index in [-0.39, 0.29) is 11.7 Å². The number of hydrogen-bond donors (Lipinski definition) is 1. The third kappa shape index (κ3) is 3.29. The standard InChI is InChI=1S/C24H20F2N4O2S/c25-21-15(2-1-7-28-21)14-3-4-19-16(10-14)24(12-33-23(27)30-24)17-11-18(13-5-8-31-9-6-13)29-22(26)20(17)32-19/h1-4,7,10-11,13H,5-6,8-9,12H2,(H2,27,30). The van der Waals surface area contributed by atoms with Crippen LogP contribution in [0, 0.1) is 11.9 Å². The molecule has 5 heterocycles. The highest BCUT2D eigenvalue weighted by Crippen LogP contribution is 2.54. The second-order valence-electron chi connectivity index (χ2n) is 8.36. The van der Waals surface area contributed by atoms with E-state index in [4.69, 9.17) is 20.2 Å². The summed E-state index contributed by atoms with van der Waals surface area (Å²) in [5.41, 5.74) is 8.16. The highest BCUT2D eigenvalue weighted by atomic mass is 32.2. The number of halogens is 2. The van der Waals surface area contributed by atoms with Crippen molar-refractivity contribution in [3.63, 3.8) is 0 Å². The van der Waals surface area contributed by atoms with E-state index in [1.807, 2.05) is 12.1 Å². The SMILES string of the molecule is NC1=NC2(CS1)c1cc(-c3cccnc3F)ccc1Oc1c2cc(C2CCOCC2)nc1F. The molecule has 6 nitrogen and oxygen atoms in total. The maximum absolute atomic E-state index is 15.3. The van der Waals surface area contributed by atoms with Gasteiger partial charge in [0, 0.05) is 53.5 Å². The van der Waals surface area contributed by atoms with Crippen molar-refractivity contribution in [2.24, 2.45) is 10.7 Å². The Balaban J connectivity index is 1.54. The third-order valence-electron chi connectivity index (χ3n) is 6.47. The van der Waals surface area contributed by atoms with E-state index >= 15 is 4.39 Å². The molecule has 0 saturated carbocycles. The van der Waals surface area contributed by atoms with Gasteiger partial charge in [0.1, 0.15) is 11.3 Å². The largest absolute Gasteiger partial charge is 0.452 e. The van der Waals surface area contributed by atoms with Gasteiger partial charge in [-0.2, -0.15) is 8.78 Å². The number of hydrogen-bond acceptors (Lipinski definition) is 7. The van der Waals surface area contributed by atoms with Crippen molar-refractivity contribution in [2.45, 2.75) is 24.3 Å². The van der Waals surface area contributed by atoms with Crippen LogP contribution >= 0.6 is 11.8 Å². The maximum atomic E-state index is 15.3. The van der Waals surface area contributed by atoms with Crippen LogP contribution in [0.2, 0.25) is 0 Å². The topological polar surface area (TPSA) is 82.6 Å². The van der Waals surface area contributed by atoms with Crippen molar-refractivity contribution >= 4 is 16.9 Å². The molecule has 6 rings (SSSR count). The number of aromatic nitrogens is 2. The van der Waals surface area contributed by atoms with E-state index in [0.29, 0.717) is 57.8 Å². The molecule has 9 heteroatoms. The number of aliphatic imine (C=N–C) groups is 1. The van der Waals surface area contributed by atoms with Gasteiger partial charge in [-0.05, 0) is 48.7 Å². The van der Waals surface area contributed by atoms with E-state index in [1.165, 1.54) is 18.0 Å². The molecule has 0 amide bonds. The predicted molar refractivity (Wildman–Crippen MR) is 122 cm³/mol. The molecular formula is C24H20F2N4O2S. The van der Waals surface area contributed by atoms with E-state index in [1.54, 1.807) is 24.3 Å². The van der Waals surface area contributed by atoms with Crippen LogP contribution in [0.3, 0.4) is 0 Å². The van der Waals surface area contributed by atoms with E-state index in [9.17, 15) is 4.39 Å². The Morgan fingerprint density at radius 3 is 2.67 bits per heavy atom. The molecule has 168 valence electrons. The number of nitrogens with two attached hydrogens (primary N) is 1. The van der Waals surface area contributed by atoms with Crippen molar-refractivity contribution in [3.05, 3.63) is 71.3 Å². The smallest absolute Gasteiger partial charge is 0.256 e. The molecule has 1 saturated heterocycles. The van der Waals surface area contributed by atoms with Crippen LogP contribution in [0.4, 0.5) is 8.78 Å². The Labute approximate surface area is 193 Å². The minimum Gasteiger partial charge on any atom is -0.452 e. The van der Waals surface area contributed by atoms with Gasteiger partial charge in [0.05, 0.1) is 0 Å². The van der Waals surface area contributed by atoms with E-state index < -0.39 is 17.4 Å². The first-order chi connectivity index (χ1) is 16.0. The molecule has 2 N–H and O–H groups in total. The van der Waals surface area contributed by atoms with Crippen LogP contribution in [0.25, 0.3) is 11.1 Å². The number of benzene rings is 1. The Morgan fingerprint density at radius 2 is 1.91 bits per heavy atom. The molecular weight excluding hydrogens is 446 g/mol. The summed E-state index contributed by atoms with van der Waals surface area (Å²) in [5.74, 6) is -0.121. The second-order valence-corrected chi connectivity index (χ2v) is 9.35. The first-order valence-corrected chi connectivity index (χ1v) is 11.7. The summed E-state index contributed by atoms with van der Waals surface area (Å²) in [5, 5.41) is 0.414. The lowest BCUT2D eigenvalue weighted by molar-refractivity contribution is 0.0842. The summed E-state index contributed by atoms with van der Waals surface area (Å²) in [4.78, 5) is 12.8. The monoisotopic (exact) mass is 466 g/mol. The van der Waals surface area contributed by atoms with Crippen LogP contribution in [0.15, 0.2) is 47.6 Å². The summed E-state index contributed by atoms with van der Waals surface area (Å²) in [6.07, 6.45) is 2.96. The Morgan fingerprint density at radius 1 is 1.06 bits per heavy atom. The van der Waals surface area contributed by atoms with Crippen molar-refractivity contribution < 1.29 is 18.3 Å². The lowest BCUT2D eigenvalue weighted by Crippen LogP contribution is -2.31. The first kappa shape index (κ1) is 20.6. The second kappa shape index (κ2) is 7.78. The van der Waals surface area contributed by atoms with Gasteiger partial charge >= 0.3 is 0 Å². The summed E-state index contributed by atoms with van der Waals surface area (Å²) >= 11 is 1.40.